The monoisotopic (exact) mass is 520 g/mol. The van der Waals surface area contributed by atoms with Crippen LogP contribution in [0.3, 0.4) is 0 Å². The quantitative estimate of drug-likeness (QED) is 0.293. The van der Waals surface area contributed by atoms with Gasteiger partial charge in [-0.1, -0.05) is 80.9 Å². The lowest BCUT2D eigenvalue weighted by Crippen LogP contribution is -2.61. The molecule has 5 nitrogen and oxygen atoms in total. The van der Waals surface area contributed by atoms with E-state index in [0.717, 1.165) is 49.3 Å². The maximum atomic E-state index is 13.3. The summed E-state index contributed by atoms with van der Waals surface area (Å²) in [5, 5.41) is 13.3. The molecule has 4 atom stereocenters. The Morgan fingerprint density at radius 2 is 1.57 bits per heavy atom. The molecule has 6 heteroatoms. The van der Waals surface area contributed by atoms with Crippen molar-refractivity contribution in [1.29, 1.82) is 0 Å². The maximum Gasteiger partial charge on any atom is 0.225 e. The highest BCUT2D eigenvalue weighted by atomic mass is 28.4. The lowest BCUT2D eigenvalue weighted by atomic mass is 9.71. The van der Waals surface area contributed by atoms with Gasteiger partial charge in [0.25, 0.3) is 0 Å². The van der Waals surface area contributed by atoms with Crippen LogP contribution in [0.25, 0.3) is 0 Å². The number of likely N-dealkylation sites (tertiary alicyclic amines) is 1. The fourth-order valence-corrected chi connectivity index (χ4v) is 8.63. The molecule has 200 valence electrons. The van der Waals surface area contributed by atoms with Crippen molar-refractivity contribution >= 4 is 14.0 Å². The number of rotatable bonds is 7. The molecule has 0 spiro atoms. The molecule has 0 aromatic heterocycles. The van der Waals surface area contributed by atoms with Crippen LogP contribution in [0.2, 0.25) is 19.6 Å². The van der Waals surface area contributed by atoms with Crippen LogP contribution in [0, 0.1) is 23.0 Å². The molecule has 2 aliphatic heterocycles. The van der Waals surface area contributed by atoms with Gasteiger partial charge in [0.1, 0.15) is 11.8 Å². The van der Waals surface area contributed by atoms with Crippen LogP contribution in [-0.2, 0) is 14.9 Å². The van der Waals surface area contributed by atoms with Gasteiger partial charge in [-0.2, -0.15) is 0 Å². The maximum absolute atomic E-state index is 13.3. The van der Waals surface area contributed by atoms with Crippen molar-refractivity contribution in [3.63, 3.8) is 0 Å². The largest absolute Gasteiger partial charge is 0.403 e. The first-order valence-electron chi connectivity index (χ1n) is 14.3. The van der Waals surface area contributed by atoms with Gasteiger partial charge in [-0.15, -0.1) is 0 Å². The Morgan fingerprint density at radius 1 is 0.946 bits per heavy atom. The number of hydrogen-bond acceptors (Lipinski definition) is 4. The predicted octanol–water partition coefficient (Wildman–Crippen LogP) is 6.93. The first-order chi connectivity index (χ1) is 17.7. The number of hydrogen-bond donors (Lipinski definition) is 0. The predicted molar refractivity (Wildman–Crippen MR) is 152 cm³/mol. The van der Waals surface area contributed by atoms with E-state index in [4.69, 9.17) is 9.26 Å². The van der Waals surface area contributed by atoms with Crippen LogP contribution < -0.4 is 0 Å². The molecular formula is C31H44N2O3Si. The lowest BCUT2D eigenvalue weighted by Gasteiger charge is -2.52. The van der Waals surface area contributed by atoms with E-state index in [0.29, 0.717) is 11.8 Å². The molecule has 5 rings (SSSR count). The fourth-order valence-electron chi connectivity index (χ4n) is 7.30. The highest BCUT2D eigenvalue weighted by Gasteiger charge is 2.55. The summed E-state index contributed by atoms with van der Waals surface area (Å²) in [6.07, 6.45) is 6.04. The van der Waals surface area contributed by atoms with Crippen molar-refractivity contribution < 1.29 is 14.2 Å². The number of nitrogens with zero attached hydrogens (tertiary/aromatic N) is 2. The van der Waals surface area contributed by atoms with Crippen LogP contribution in [-0.4, -0.2) is 42.6 Å². The van der Waals surface area contributed by atoms with Crippen LogP contribution >= 0.6 is 0 Å². The summed E-state index contributed by atoms with van der Waals surface area (Å²) in [4.78, 5) is 9.79. The topological polar surface area (TPSA) is 47.8 Å². The SMILES string of the molecule is CC(C)[C@H]1[C@H](N2CCC[C@H]2C(O[Si](C)(C)C)(c2ccccc2)c2ccccc2)O[N+]([O-])=C2CCCC[C@@H]21. The minimum atomic E-state index is -2.03. The third-order valence-corrected chi connectivity index (χ3v) is 9.53. The second kappa shape index (κ2) is 10.5. The molecule has 1 saturated carbocycles. The molecular weight excluding hydrogens is 476 g/mol. The lowest BCUT2D eigenvalue weighted by molar-refractivity contribution is -0.771. The fraction of sp³-hybridized carbons (Fsp3) is 0.581. The van der Waals surface area contributed by atoms with Gasteiger partial charge in [-0.05, 0) is 68.9 Å². The molecule has 2 aromatic carbocycles. The van der Waals surface area contributed by atoms with E-state index in [1.54, 1.807) is 0 Å². The zero-order valence-corrected chi connectivity index (χ0v) is 24.2. The highest BCUT2D eigenvalue weighted by molar-refractivity contribution is 6.69. The molecule has 0 radical (unpaired) electrons. The zero-order valence-electron chi connectivity index (χ0n) is 23.2. The molecule has 37 heavy (non-hydrogen) atoms. The van der Waals surface area contributed by atoms with Gasteiger partial charge >= 0.3 is 0 Å². The Hall–Kier alpha value is -2.15. The van der Waals surface area contributed by atoms with Crippen molar-refractivity contribution in [2.75, 3.05) is 6.54 Å². The minimum Gasteiger partial charge on any atom is -0.403 e. The molecule has 2 aromatic rings. The third kappa shape index (κ3) is 5.00. The smallest absolute Gasteiger partial charge is 0.225 e. The summed E-state index contributed by atoms with van der Waals surface area (Å²) in [6, 6.07) is 21.6. The van der Waals surface area contributed by atoms with E-state index < -0.39 is 13.9 Å². The summed E-state index contributed by atoms with van der Waals surface area (Å²) in [7, 11) is -2.03. The Balaban J connectivity index is 1.66. The molecule has 0 amide bonds. The van der Waals surface area contributed by atoms with E-state index in [-0.39, 0.29) is 18.2 Å². The van der Waals surface area contributed by atoms with Gasteiger partial charge in [0.15, 0.2) is 8.32 Å². The third-order valence-electron chi connectivity index (χ3n) is 8.59. The standard InChI is InChI=1S/C31H44N2O3Si/c1-23(2)29-26-19-12-13-20-27(26)33(34)35-30(29)32-22-14-21-28(32)31(36-37(3,4)5,24-15-8-6-9-16-24)25-17-10-7-11-18-25/h6-11,15-18,23,26,28-30H,12-14,19-22H2,1-5H3/t26-,28-,29+,30+/m0/s1. The van der Waals surface area contributed by atoms with Crippen LogP contribution in [0.1, 0.15) is 63.5 Å². The molecule has 2 heterocycles. The highest BCUT2D eigenvalue weighted by Crippen LogP contribution is 2.49. The molecule has 0 bridgehead atoms. The van der Waals surface area contributed by atoms with E-state index in [2.05, 4.69) is 99.1 Å². The van der Waals surface area contributed by atoms with Crippen LogP contribution in [0.5, 0.6) is 0 Å². The number of benzene rings is 2. The van der Waals surface area contributed by atoms with Gasteiger partial charge in [0, 0.05) is 23.3 Å². The molecule has 0 unspecified atom stereocenters. The Labute approximate surface area is 224 Å². The van der Waals surface area contributed by atoms with Gasteiger partial charge < -0.3 is 9.26 Å². The molecule has 1 saturated heterocycles. The second-order valence-corrected chi connectivity index (χ2v) is 16.9. The summed E-state index contributed by atoms with van der Waals surface area (Å²) in [5.74, 6) is 1.00. The first-order valence-corrected chi connectivity index (χ1v) is 17.7. The van der Waals surface area contributed by atoms with Crippen molar-refractivity contribution in [3.05, 3.63) is 77.0 Å². The molecule has 0 N–H and O–H groups in total. The van der Waals surface area contributed by atoms with Crippen molar-refractivity contribution in [3.8, 4) is 0 Å². The van der Waals surface area contributed by atoms with E-state index in [9.17, 15) is 5.21 Å². The van der Waals surface area contributed by atoms with Crippen molar-refractivity contribution in [2.24, 2.45) is 17.8 Å². The number of fused-ring (bicyclic) bond motifs is 1. The van der Waals surface area contributed by atoms with E-state index in [1.165, 1.54) is 17.5 Å². The van der Waals surface area contributed by atoms with Gasteiger partial charge in [-0.25, -0.2) is 0 Å². The Morgan fingerprint density at radius 3 is 2.14 bits per heavy atom. The van der Waals surface area contributed by atoms with Crippen LogP contribution in [0.15, 0.2) is 60.7 Å². The van der Waals surface area contributed by atoms with Crippen LogP contribution in [0.4, 0.5) is 0 Å². The molecule has 1 aliphatic carbocycles. The average Bonchev–Trinajstić information content (AvgIpc) is 3.38. The van der Waals surface area contributed by atoms with Crippen molar-refractivity contribution in [1.82, 2.24) is 4.90 Å². The van der Waals surface area contributed by atoms with E-state index in [1.807, 2.05) is 0 Å². The summed E-state index contributed by atoms with van der Waals surface area (Å²) >= 11 is 0. The second-order valence-electron chi connectivity index (χ2n) is 12.5. The normalized spacial score (nSPS) is 27.3. The Bertz CT molecular complexity index is 1040. The van der Waals surface area contributed by atoms with Gasteiger partial charge in [-0.3, -0.25) is 10.1 Å². The average molecular weight is 521 g/mol. The minimum absolute atomic E-state index is 0.0637. The molecule has 2 fully saturated rings. The zero-order chi connectivity index (χ0) is 26.2. The van der Waals surface area contributed by atoms with E-state index >= 15 is 0 Å². The summed E-state index contributed by atoms with van der Waals surface area (Å²) < 4.78 is 7.38. The molecule has 3 aliphatic rings. The summed E-state index contributed by atoms with van der Waals surface area (Å²) in [5.41, 5.74) is 2.69. The van der Waals surface area contributed by atoms with Gasteiger partial charge in [0.05, 0.1) is 5.92 Å². The van der Waals surface area contributed by atoms with Gasteiger partial charge in [0.2, 0.25) is 5.71 Å². The Kier molecular flexibility index (Phi) is 7.54. The summed E-state index contributed by atoms with van der Waals surface area (Å²) in [6.45, 7) is 12.4. The first kappa shape index (κ1) is 26.5. The van der Waals surface area contributed by atoms with Crippen molar-refractivity contribution in [2.45, 2.75) is 89.9 Å².